The van der Waals surface area contributed by atoms with Crippen molar-refractivity contribution in [1.82, 2.24) is 0 Å². The van der Waals surface area contributed by atoms with Crippen molar-refractivity contribution in [3.63, 3.8) is 0 Å². The van der Waals surface area contributed by atoms with Gasteiger partial charge in [0.1, 0.15) is 0 Å². The molecule has 4 N–H and O–H groups in total. The highest BCUT2D eigenvalue weighted by atomic mass is 16.4. The summed E-state index contributed by atoms with van der Waals surface area (Å²) >= 11 is 0. The molecule has 0 aliphatic heterocycles. The Morgan fingerprint density at radius 3 is 2.26 bits per heavy atom. The summed E-state index contributed by atoms with van der Waals surface area (Å²) in [5, 5.41) is 16.9. The van der Waals surface area contributed by atoms with E-state index in [1.165, 1.54) is 25.3 Å². The van der Waals surface area contributed by atoms with E-state index >= 15 is 0 Å². The van der Waals surface area contributed by atoms with Gasteiger partial charge in [-0.25, -0.2) is 4.79 Å². The van der Waals surface area contributed by atoms with Crippen molar-refractivity contribution in [3.8, 4) is 0 Å². The molecule has 19 heavy (non-hydrogen) atoms. The van der Waals surface area contributed by atoms with Crippen LogP contribution >= 0.6 is 0 Å². The van der Waals surface area contributed by atoms with Crippen LogP contribution in [0.2, 0.25) is 0 Å². The summed E-state index contributed by atoms with van der Waals surface area (Å²) in [6.07, 6.45) is 4.75. The Labute approximate surface area is 115 Å². The van der Waals surface area contributed by atoms with Gasteiger partial charge in [0.25, 0.3) is 0 Å². The minimum Gasteiger partial charge on any atom is -0.478 e. The summed E-state index contributed by atoms with van der Waals surface area (Å²) in [6.45, 7) is 4.83. The SMILES string of the molecule is CC(C)CCCCCO.Nc1ccccc1C(=O)O. The molecule has 0 saturated heterocycles. The van der Waals surface area contributed by atoms with E-state index in [2.05, 4.69) is 13.8 Å². The molecule has 0 aromatic heterocycles. The zero-order valence-electron chi connectivity index (χ0n) is 11.8. The van der Waals surface area contributed by atoms with Crippen molar-refractivity contribution in [2.75, 3.05) is 12.3 Å². The number of aliphatic hydroxyl groups excluding tert-OH is 1. The van der Waals surface area contributed by atoms with Gasteiger partial charge < -0.3 is 15.9 Å². The number of aromatic carboxylic acids is 1. The zero-order valence-corrected chi connectivity index (χ0v) is 11.8. The Balaban J connectivity index is 0.000000344. The second-order valence-electron chi connectivity index (χ2n) is 4.86. The number of carboxylic acids is 1. The third kappa shape index (κ3) is 9.08. The zero-order chi connectivity index (χ0) is 14.7. The summed E-state index contributed by atoms with van der Waals surface area (Å²) in [5.74, 6) is -0.165. The van der Waals surface area contributed by atoms with E-state index in [4.69, 9.17) is 15.9 Å². The highest BCUT2D eigenvalue weighted by molar-refractivity contribution is 5.93. The van der Waals surface area contributed by atoms with Gasteiger partial charge >= 0.3 is 5.97 Å². The fraction of sp³-hybridized carbons (Fsp3) is 0.533. The fourth-order valence-electron chi connectivity index (χ4n) is 1.53. The molecular formula is C15H25NO3. The summed E-state index contributed by atoms with van der Waals surface area (Å²) in [5.41, 5.74) is 5.80. The Kier molecular flexibility index (Phi) is 9.53. The van der Waals surface area contributed by atoms with Gasteiger partial charge in [0, 0.05) is 12.3 Å². The highest BCUT2D eigenvalue weighted by Crippen LogP contribution is 2.09. The maximum absolute atomic E-state index is 10.3. The topological polar surface area (TPSA) is 83.5 Å². The van der Waals surface area contributed by atoms with Gasteiger partial charge in [-0.15, -0.1) is 0 Å². The summed E-state index contributed by atoms with van der Waals surface area (Å²) in [4.78, 5) is 10.3. The lowest BCUT2D eigenvalue weighted by molar-refractivity contribution is 0.0698. The molecular weight excluding hydrogens is 242 g/mol. The Morgan fingerprint density at radius 2 is 1.84 bits per heavy atom. The van der Waals surface area contributed by atoms with Crippen LogP contribution < -0.4 is 5.73 Å². The van der Waals surface area contributed by atoms with Gasteiger partial charge in [-0.2, -0.15) is 0 Å². The maximum Gasteiger partial charge on any atom is 0.337 e. The number of carbonyl (C=O) groups is 1. The lowest BCUT2D eigenvalue weighted by atomic mass is 10.1. The second-order valence-corrected chi connectivity index (χ2v) is 4.86. The number of para-hydroxylation sites is 1. The number of rotatable bonds is 6. The predicted octanol–water partition coefficient (Wildman–Crippen LogP) is 3.16. The smallest absolute Gasteiger partial charge is 0.337 e. The molecule has 1 rings (SSSR count). The van der Waals surface area contributed by atoms with E-state index in [0.29, 0.717) is 12.3 Å². The number of nitrogen functional groups attached to an aromatic ring is 1. The number of carboxylic acid groups (broad SMARTS) is 1. The molecule has 4 nitrogen and oxygen atoms in total. The van der Waals surface area contributed by atoms with Crippen LogP contribution in [0.5, 0.6) is 0 Å². The van der Waals surface area contributed by atoms with Gasteiger partial charge in [-0.05, 0) is 24.5 Å². The highest BCUT2D eigenvalue weighted by Gasteiger charge is 2.03. The molecule has 0 amide bonds. The molecule has 1 aromatic rings. The summed E-state index contributed by atoms with van der Waals surface area (Å²) < 4.78 is 0. The van der Waals surface area contributed by atoms with E-state index in [1.807, 2.05) is 0 Å². The van der Waals surface area contributed by atoms with Crippen molar-refractivity contribution in [2.24, 2.45) is 5.92 Å². The summed E-state index contributed by atoms with van der Waals surface area (Å²) in [6, 6.07) is 6.36. The molecule has 108 valence electrons. The van der Waals surface area contributed by atoms with Gasteiger partial charge in [0.15, 0.2) is 0 Å². The van der Waals surface area contributed by atoms with Crippen molar-refractivity contribution in [2.45, 2.75) is 39.5 Å². The quantitative estimate of drug-likeness (QED) is 0.546. The minimum absolute atomic E-state index is 0.155. The molecule has 0 unspecified atom stereocenters. The number of nitrogens with two attached hydrogens (primary N) is 1. The number of anilines is 1. The normalized spacial score (nSPS) is 9.89. The standard InChI is InChI=1S/C8H18O.C7H7NO2/c1-8(2)6-4-3-5-7-9;8-6-4-2-1-3-5(6)7(9)10/h8-9H,3-7H2,1-2H3;1-4H,8H2,(H,9,10). The Bertz CT molecular complexity index is 364. The first-order chi connectivity index (χ1) is 8.99. The lowest BCUT2D eigenvalue weighted by Crippen LogP contribution is -2.00. The molecule has 0 aliphatic rings. The summed E-state index contributed by atoms with van der Waals surface area (Å²) in [7, 11) is 0. The fourth-order valence-corrected chi connectivity index (χ4v) is 1.53. The molecule has 0 fully saturated rings. The van der Waals surface area contributed by atoms with Crippen LogP contribution in [0.15, 0.2) is 24.3 Å². The lowest BCUT2D eigenvalue weighted by Gasteiger charge is -2.01. The largest absolute Gasteiger partial charge is 0.478 e. The number of unbranched alkanes of at least 4 members (excludes halogenated alkanes) is 2. The van der Waals surface area contributed by atoms with Gasteiger partial charge in [0.2, 0.25) is 0 Å². The minimum atomic E-state index is -0.988. The molecule has 0 saturated carbocycles. The molecule has 0 spiro atoms. The van der Waals surface area contributed by atoms with E-state index in [9.17, 15) is 4.79 Å². The van der Waals surface area contributed by atoms with Crippen molar-refractivity contribution < 1.29 is 15.0 Å². The number of hydrogen-bond acceptors (Lipinski definition) is 3. The van der Waals surface area contributed by atoms with Crippen molar-refractivity contribution in [1.29, 1.82) is 0 Å². The number of benzene rings is 1. The Hall–Kier alpha value is -1.55. The third-order valence-electron chi connectivity index (χ3n) is 2.63. The van der Waals surface area contributed by atoms with Crippen molar-refractivity contribution in [3.05, 3.63) is 29.8 Å². The maximum atomic E-state index is 10.3. The first-order valence-electron chi connectivity index (χ1n) is 6.67. The van der Waals surface area contributed by atoms with E-state index in [1.54, 1.807) is 18.2 Å². The van der Waals surface area contributed by atoms with Crippen LogP contribution in [0.1, 0.15) is 49.9 Å². The molecule has 0 atom stereocenters. The third-order valence-corrected chi connectivity index (χ3v) is 2.63. The Morgan fingerprint density at radius 1 is 1.21 bits per heavy atom. The number of hydrogen-bond donors (Lipinski definition) is 3. The first-order valence-corrected chi connectivity index (χ1v) is 6.67. The molecule has 0 radical (unpaired) electrons. The van der Waals surface area contributed by atoms with Crippen LogP contribution in [0.3, 0.4) is 0 Å². The van der Waals surface area contributed by atoms with Gasteiger partial charge in [-0.1, -0.05) is 45.2 Å². The monoisotopic (exact) mass is 267 g/mol. The average molecular weight is 267 g/mol. The van der Waals surface area contributed by atoms with E-state index < -0.39 is 5.97 Å². The van der Waals surface area contributed by atoms with Crippen LogP contribution in [-0.2, 0) is 0 Å². The van der Waals surface area contributed by atoms with Crippen LogP contribution in [0.4, 0.5) is 5.69 Å². The second kappa shape index (κ2) is 10.4. The molecule has 4 heteroatoms. The van der Waals surface area contributed by atoms with Crippen LogP contribution in [-0.4, -0.2) is 22.8 Å². The van der Waals surface area contributed by atoms with Crippen LogP contribution in [0, 0.1) is 5.92 Å². The van der Waals surface area contributed by atoms with Crippen LogP contribution in [0.25, 0.3) is 0 Å². The van der Waals surface area contributed by atoms with E-state index in [0.717, 1.165) is 12.3 Å². The molecule has 0 aliphatic carbocycles. The molecule has 1 aromatic carbocycles. The molecule has 0 bridgehead atoms. The molecule has 0 heterocycles. The predicted molar refractivity (Wildman–Crippen MR) is 78.2 cm³/mol. The number of aliphatic hydroxyl groups is 1. The van der Waals surface area contributed by atoms with Crippen molar-refractivity contribution >= 4 is 11.7 Å². The van der Waals surface area contributed by atoms with Gasteiger partial charge in [-0.3, -0.25) is 0 Å². The van der Waals surface area contributed by atoms with Gasteiger partial charge in [0.05, 0.1) is 5.56 Å². The average Bonchev–Trinajstić information content (AvgIpc) is 2.35. The first kappa shape index (κ1) is 17.4. The van der Waals surface area contributed by atoms with E-state index in [-0.39, 0.29) is 5.56 Å².